The monoisotopic (exact) mass is 384 g/mol. The zero-order valence-electron chi connectivity index (χ0n) is 14.6. The summed E-state index contributed by atoms with van der Waals surface area (Å²) in [5.74, 6) is 0.383. The normalized spacial score (nSPS) is 15.2. The summed E-state index contributed by atoms with van der Waals surface area (Å²) in [7, 11) is 0. The Labute approximate surface area is 154 Å². The molecule has 9 heteroatoms. The summed E-state index contributed by atoms with van der Waals surface area (Å²) in [6.07, 6.45) is 3.71. The molecule has 0 saturated heterocycles. The van der Waals surface area contributed by atoms with E-state index in [2.05, 4.69) is 20.0 Å². The molecule has 2 aromatic rings. The van der Waals surface area contributed by atoms with Crippen molar-refractivity contribution in [1.82, 2.24) is 14.5 Å². The second-order valence-corrected chi connectivity index (χ2v) is 6.84. The molecule has 0 bridgehead atoms. The number of anilines is 2. The lowest BCUT2D eigenvalue weighted by molar-refractivity contribution is -0.0533. The van der Waals surface area contributed by atoms with Gasteiger partial charge in [-0.15, -0.1) is 0 Å². The first-order valence-electron chi connectivity index (χ1n) is 8.25. The molecule has 140 valence electrons. The zero-order valence-corrected chi connectivity index (χ0v) is 15.3. The molecule has 1 aliphatic carbocycles. The molecule has 26 heavy (non-hydrogen) atoms. The van der Waals surface area contributed by atoms with Gasteiger partial charge in [0.2, 0.25) is 5.88 Å². The molecule has 1 saturated carbocycles. The van der Waals surface area contributed by atoms with Crippen LogP contribution in [-0.4, -0.2) is 21.1 Å². The van der Waals surface area contributed by atoms with Gasteiger partial charge in [-0.1, -0.05) is 11.6 Å². The van der Waals surface area contributed by atoms with Gasteiger partial charge in [0.25, 0.3) is 5.56 Å². The first-order valence-corrected chi connectivity index (χ1v) is 8.62. The minimum absolute atomic E-state index is 0.0336. The largest absolute Gasteiger partial charge is 0.417 e. The molecule has 1 atom stereocenters. The molecule has 1 N–H and O–H groups in total. The van der Waals surface area contributed by atoms with E-state index in [1.165, 1.54) is 6.20 Å². The van der Waals surface area contributed by atoms with Crippen LogP contribution in [0, 0.1) is 19.8 Å². The Bertz CT molecular complexity index is 884. The molecule has 3 rings (SSSR count). The van der Waals surface area contributed by atoms with E-state index < -0.39 is 6.61 Å². The van der Waals surface area contributed by atoms with Gasteiger partial charge in [-0.25, -0.2) is 9.97 Å². The first kappa shape index (κ1) is 18.6. The standard InChI is InChI=1S/C17H19ClF2N4O2/c1-8-6-12(9(2)21-15(8)26-17(19)20)22-14-16(25)24(7-13(18)23-14)10(3)11-4-5-11/h6-7,10-11,17H,4-5H2,1-3H3,(H,22,23)/t10-/m0/s1. The van der Waals surface area contributed by atoms with E-state index in [1.807, 2.05) is 6.92 Å². The highest BCUT2D eigenvalue weighted by atomic mass is 35.5. The van der Waals surface area contributed by atoms with Crippen LogP contribution in [0.25, 0.3) is 0 Å². The third kappa shape index (κ3) is 3.95. The van der Waals surface area contributed by atoms with E-state index >= 15 is 0 Å². The van der Waals surface area contributed by atoms with Gasteiger partial charge in [-0.3, -0.25) is 4.79 Å². The smallest absolute Gasteiger partial charge is 0.388 e. The van der Waals surface area contributed by atoms with Gasteiger partial charge < -0.3 is 14.6 Å². The number of halogens is 3. The highest BCUT2D eigenvalue weighted by Gasteiger charge is 2.30. The number of nitrogens with one attached hydrogen (secondary N) is 1. The fourth-order valence-corrected chi connectivity index (χ4v) is 3.00. The average Bonchev–Trinajstić information content (AvgIpc) is 3.39. The van der Waals surface area contributed by atoms with Gasteiger partial charge in [0.1, 0.15) is 5.15 Å². The summed E-state index contributed by atoms with van der Waals surface area (Å²) in [4.78, 5) is 20.8. The lowest BCUT2D eigenvalue weighted by Gasteiger charge is -2.17. The lowest BCUT2D eigenvalue weighted by atomic mass is 10.2. The van der Waals surface area contributed by atoms with Crippen LogP contribution in [0.2, 0.25) is 5.15 Å². The molecular formula is C17H19ClF2N4O2. The maximum absolute atomic E-state index is 12.7. The van der Waals surface area contributed by atoms with Crippen molar-refractivity contribution < 1.29 is 13.5 Å². The molecule has 2 heterocycles. The van der Waals surface area contributed by atoms with E-state index in [4.69, 9.17) is 11.6 Å². The fraction of sp³-hybridized carbons (Fsp3) is 0.471. The van der Waals surface area contributed by atoms with Crippen LogP contribution < -0.4 is 15.6 Å². The van der Waals surface area contributed by atoms with E-state index in [-0.39, 0.29) is 28.5 Å². The van der Waals surface area contributed by atoms with Crippen LogP contribution in [0.1, 0.15) is 37.1 Å². The third-order valence-electron chi connectivity index (χ3n) is 4.46. The SMILES string of the molecule is Cc1cc(Nc2nc(Cl)cn([C@@H](C)C3CC3)c2=O)c(C)nc1OC(F)F. The number of pyridine rings is 1. The number of alkyl halides is 2. The van der Waals surface area contributed by atoms with Gasteiger partial charge in [0.15, 0.2) is 5.82 Å². The average molecular weight is 385 g/mol. The van der Waals surface area contributed by atoms with Gasteiger partial charge in [0.05, 0.1) is 11.4 Å². The van der Waals surface area contributed by atoms with Crippen LogP contribution in [0.5, 0.6) is 5.88 Å². The summed E-state index contributed by atoms with van der Waals surface area (Å²) in [5, 5.41) is 3.12. The number of hydrogen-bond acceptors (Lipinski definition) is 5. The Morgan fingerprint density at radius 3 is 2.65 bits per heavy atom. The maximum atomic E-state index is 12.7. The second kappa shape index (κ2) is 7.19. The Morgan fingerprint density at radius 2 is 2.04 bits per heavy atom. The molecule has 0 spiro atoms. The van der Waals surface area contributed by atoms with Crippen LogP contribution >= 0.6 is 11.6 Å². The van der Waals surface area contributed by atoms with E-state index in [0.717, 1.165) is 12.8 Å². The van der Waals surface area contributed by atoms with Gasteiger partial charge in [-0.05, 0) is 45.6 Å². The minimum atomic E-state index is -2.95. The van der Waals surface area contributed by atoms with Crippen LogP contribution in [-0.2, 0) is 0 Å². The molecule has 1 aliphatic rings. The number of aromatic nitrogens is 3. The fourth-order valence-electron chi connectivity index (χ4n) is 2.81. The highest BCUT2D eigenvalue weighted by molar-refractivity contribution is 6.29. The van der Waals surface area contributed by atoms with Crippen molar-refractivity contribution in [3.8, 4) is 5.88 Å². The molecule has 1 fully saturated rings. The molecule has 0 aliphatic heterocycles. The number of nitrogens with zero attached hydrogens (tertiary/aromatic N) is 3. The van der Waals surface area contributed by atoms with E-state index in [9.17, 15) is 13.6 Å². The number of rotatable bonds is 6. The van der Waals surface area contributed by atoms with Gasteiger partial charge in [0, 0.05) is 17.8 Å². The van der Waals surface area contributed by atoms with Crippen molar-refractivity contribution in [2.24, 2.45) is 5.92 Å². The molecule has 0 amide bonds. The molecule has 2 aromatic heterocycles. The third-order valence-corrected chi connectivity index (χ3v) is 4.64. The Balaban J connectivity index is 1.94. The summed E-state index contributed by atoms with van der Waals surface area (Å²) in [5.41, 5.74) is 0.988. The zero-order chi connectivity index (χ0) is 19.0. The minimum Gasteiger partial charge on any atom is -0.417 e. The summed E-state index contributed by atoms with van der Waals surface area (Å²) >= 11 is 6.08. The second-order valence-electron chi connectivity index (χ2n) is 6.45. The maximum Gasteiger partial charge on any atom is 0.388 e. The van der Waals surface area contributed by atoms with E-state index in [0.29, 0.717) is 22.9 Å². The van der Waals surface area contributed by atoms with Crippen LogP contribution in [0.15, 0.2) is 17.1 Å². The summed E-state index contributed by atoms with van der Waals surface area (Å²) in [6.45, 7) is 2.24. The first-order chi connectivity index (χ1) is 12.3. The summed E-state index contributed by atoms with van der Waals surface area (Å²) in [6, 6.07) is 1.61. The van der Waals surface area contributed by atoms with Crippen molar-refractivity contribution in [3.63, 3.8) is 0 Å². The quantitative estimate of drug-likeness (QED) is 0.807. The molecule has 0 aromatic carbocycles. The highest BCUT2D eigenvalue weighted by Crippen LogP contribution is 2.39. The molecule has 6 nitrogen and oxygen atoms in total. The molecule has 0 unspecified atom stereocenters. The van der Waals surface area contributed by atoms with Crippen LogP contribution in [0.3, 0.4) is 0 Å². The predicted molar refractivity (Wildman–Crippen MR) is 94.6 cm³/mol. The van der Waals surface area contributed by atoms with Crippen molar-refractivity contribution in [1.29, 1.82) is 0 Å². The van der Waals surface area contributed by atoms with Crippen molar-refractivity contribution in [2.45, 2.75) is 46.3 Å². The number of aryl methyl sites for hydroxylation is 2. The Kier molecular flexibility index (Phi) is 5.13. The van der Waals surface area contributed by atoms with Crippen molar-refractivity contribution in [3.05, 3.63) is 39.0 Å². The van der Waals surface area contributed by atoms with Gasteiger partial charge >= 0.3 is 6.61 Å². The van der Waals surface area contributed by atoms with E-state index in [1.54, 1.807) is 24.5 Å². The molecule has 0 radical (unpaired) electrons. The Morgan fingerprint density at radius 1 is 1.35 bits per heavy atom. The lowest BCUT2D eigenvalue weighted by Crippen LogP contribution is -2.27. The predicted octanol–water partition coefficient (Wildman–Crippen LogP) is 4.22. The topological polar surface area (TPSA) is 69.0 Å². The van der Waals surface area contributed by atoms with Gasteiger partial charge in [-0.2, -0.15) is 8.78 Å². The molecular weight excluding hydrogens is 366 g/mol. The Hall–Kier alpha value is -2.22. The number of hydrogen-bond donors (Lipinski definition) is 1. The van der Waals surface area contributed by atoms with Crippen LogP contribution in [0.4, 0.5) is 20.3 Å². The van der Waals surface area contributed by atoms with Crippen molar-refractivity contribution >= 4 is 23.1 Å². The number of ether oxygens (including phenoxy) is 1. The van der Waals surface area contributed by atoms with Crippen molar-refractivity contribution in [2.75, 3.05) is 5.32 Å². The summed E-state index contributed by atoms with van der Waals surface area (Å²) < 4.78 is 30.8.